The van der Waals surface area contributed by atoms with E-state index >= 15 is 0 Å². The van der Waals surface area contributed by atoms with E-state index in [0.29, 0.717) is 5.56 Å². The molecule has 0 unspecified atom stereocenters. The van der Waals surface area contributed by atoms with E-state index in [-0.39, 0.29) is 22.8 Å². The Morgan fingerprint density at radius 1 is 1.07 bits per heavy atom. The minimum absolute atomic E-state index is 0.0111. The van der Waals surface area contributed by atoms with Crippen molar-refractivity contribution in [2.24, 2.45) is 0 Å². The first-order valence-corrected chi connectivity index (χ1v) is 11.3. The summed E-state index contributed by atoms with van der Waals surface area (Å²) >= 11 is 0. The van der Waals surface area contributed by atoms with Gasteiger partial charge in [0.2, 0.25) is 10.0 Å². The molecule has 0 aromatic heterocycles. The highest BCUT2D eigenvalue weighted by Gasteiger charge is 2.23. The van der Waals surface area contributed by atoms with Gasteiger partial charge in [-0.1, -0.05) is 51.0 Å². The summed E-state index contributed by atoms with van der Waals surface area (Å²) in [4.78, 5) is 13.0. The highest BCUT2D eigenvalue weighted by molar-refractivity contribution is 7.89. The molecule has 1 aliphatic carbocycles. The molecule has 1 aliphatic rings. The topological polar surface area (TPSA) is 75.3 Å². The molecule has 0 atom stereocenters. The Morgan fingerprint density at radius 2 is 1.75 bits per heavy atom. The second kappa shape index (κ2) is 8.45. The van der Waals surface area contributed by atoms with Crippen LogP contribution in [0.4, 0.5) is 5.69 Å². The Labute approximate surface area is 167 Å². The van der Waals surface area contributed by atoms with E-state index < -0.39 is 10.0 Å². The predicted molar refractivity (Wildman–Crippen MR) is 112 cm³/mol. The molecule has 5 nitrogen and oxygen atoms in total. The second-order valence-electron chi connectivity index (χ2n) is 7.78. The van der Waals surface area contributed by atoms with Gasteiger partial charge < -0.3 is 5.32 Å². The zero-order valence-corrected chi connectivity index (χ0v) is 17.5. The van der Waals surface area contributed by atoms with Crippen LogP contribution in [-0.4, -0.2) is 20.4 Å². The Balaban J connectivity index is 1.83. The summed E-state index contributed by atoms with van der Waals surface area (Å²) in [7, 11) is -3.63. The number of amides is 1. The molecule has 0 bridgehead atoms. The first-order chi connectivity index (χ1) is 13.3. The quantitative estimate of drug-likeness (QED) is 0.744. The van der Waals surface area contributed by atoms with Crippen molar-refractivity contribution in [1.29, 1.82) is 0 Å². The van der Waals surface area contributed by atoms with Crippen LogP contribution in [0.2, 0.25) is 0 Å². The molecule has 0 aliphatic heterocycles. The monoisotopic (exact) mass is 400 g/mol. The molecule has 1 fully saturated rings. The van der Waals surface area contributed by atoms with Crippen molar-refractivity contribution in [2.45, 2.75) is 63.3 Å². The molecule has 2 N–H and O–H groups in total. The molecule has 0 saturated heterocycles. The molecular formula is C22H28N2O3S. The number of rotatable bonds is 6. The van der Waals surface area contributed by atoms with Gasteiger partial charge in [-0.3, -0.25) is 4.79 Å². The van der Waals surface area contributed by atoms with E-state index in [4.69, 9.17) is 0 Å². The number of hydrogen-bond acceptors (Lipinski definition) is 3. The van der Waals surface area contributed by atoms with Gasteiger partial charge in [0.25, 0.3) is 5.91 Å². The predicted octanol–water partition coefficient (Wildman–Crippen LogP) is 4.59. The number of carbonyl (C=O) groups excluding carboxylic acids is 1. The maximum absolute atomic E-state index is 12.8. The summed E-state index contributed by atoms with van der Waals surface area (Å²) in [6.07, 6.45) is 3.82. The molecule has 0 spiro atoms. The molecule has 3 rings (SSSR count). The summed E-state index contributed by atoms with van der Waals surface area (Å²) in [6.45, 7) is 6.10. The SMILES string of the molecule is Cc1cccc(C(C)C)c1NC(=O)c1cccc(S(=O)(=O)NC2CCCC2)c1. The number of sulfonamides is 1. The normalized spacial score (nSPS) is 15.1. The second-order valence-corrected chi connectivity index (χ2v) is 9.49. The van der Waals surface area contributed by atoms with Crippen LogP contribution >= 0.6 is 0 Å². The van der Waals surface area contributed by atoms with Crippen molar-refractivity contribution in [3.8, 4) is 0 Å². The van der Waals surface area contributed by atoms with Crippen LogP contribution in [0.1, 0.15) is 66.9 Å². The number of carbonyl (C=O) groups is 1. The molecule has 0 heterocycles. The number of hydrogen-bond donors (Lipinski definition) is 2. The van der Waals surface area contributed by atoms with Gasteiger partial charge >= 0.3 is 0 Å². The van der Waals surface area contributed by atoms with Gasteiger partial charge in [0, 0.05) is 17.3 Å². The van der Waals surface area contributed by atoms with Crippen LogP contribution in [0.25, 0.3) is 0 Å². The van der Waals surface area contributed by atoms with Crippen LogP contribution in [0, 0.1) is 6.92 Å². The molecule has 28 heavy (non-hydrogen) atoms. The molecule has 150 valence electrons. The molecule has 1 saturated carbocycles. The zero-order valence-electron chi connectivity index (χ0n) is 16.7. The van der Waals surface area contributed by atoms with E-state index in [2.05, 4.69) is 23.9 Å². The summed E-state index contributed by atoms with van der Waals surface area (Å²) < 4.78 is 28.1. The van der Waals surface area contributed by atoms with Crippen molar-refractivity contribution < 1.29 is 13.2 Å². The van der Waals surface area contributed by atoms with Crippen LogP contribution in [0.5, 0.6) is 0 Å². The fourth-order valence-electron chi connectivity index (χ4n) is 3.66. The van der Waals surface area contributed by atoms with Crippen LogP contribution in [0.15, 0.2) is 47.4 Å². The molecule has 6 heteroatoms. The number of para-hydroxylation sites is 1. The van der Waals surface area contributed by atoms with E-state index in [1.54, 1.807) is 12.1 Å². The standard InChI is InChI=1S/C22H28N2O3S/c1-15(2)20-13-6-8-16(3)21(20)23-22(25)17-9-7-12-19(14-17)28(26,27)24-18-10-4-5-11-18/h6-9,12-15,18,24H,4-5,10-11H2,1-3H3,(H,23,25). The van der Waals surface area contributed by atoms with Crippen LogP contribution < -0.4 is 10.0 Å². The van der Waals surface area contributed by atoms with E-state index in [0.717, 1.165) is 42.5 Å². The first-order valence-electron chi connectivity index (χ1n) is 9.81. The number of aryl methyl sites for hydroxylation is 1. The average molecular weight is 401 g/mol. The third-order valence-corrected chi connectivity index (χ3v) is 6.77. The van der Waals surface area contributed by atoms with E-state index in [1.807, 2.05) is 25.1 Å². The largest absolute Gasteiger partial charge is 0.321 e. The van der Waals surface area contributed by atoms with Crippen molar-refractivity contribution in [2.75, 3.05) is 5.32 Å². The van der Waals surface area contributed by atoms with Gasteiger partial charge in [-0.15, -0.1) is 0 Å². The lowest BCUT2D eigenvalue weighted by atomic mass is 9.98. The van der Waals surface area contributed by atoms with Crippen LogP contribution in [-0.2, 0) is 10.0 Å². The zero-order chi connectivity index (χ0) is 20.3. The number of anilines is 1. The number of nitrogens with one attached hydrogen (secondary N) is 2. The summed E-state index contributed by atoms with van der Waals surface area (Å²) in [5, 5.41) is 2.97. The average Bonchev–Trinajstić information content (AvgIpc) is 3.15. The lowest BCUT2D eigenvalue weighted by molar-refractivity contribution is 0.102. The Hall–Kier alpha value is -2.18. The number of benzene rings is 2. The van der Waals surface area contributed by atoms with E-state index in [1.165, 1.54) is 12.1 Å². The van der Waals surface area contributed by atoms with E-state index in [9.17, 15) is 13.2 Å². The fourth-order valence-corrected chi connectivity index (χ4v) is 5.01. The summed E-state index contributed by atoms with van der Waals surface area (Å²) in [5.74, 6) is -0.0494. The van der Waals surface area contributed by atoms with Crippen molar-refractivity contribution in [3.63, 3.8) is 0 Å². The lowest BCUT2D eigenvalue weighted by Crippen LogP contribution is -2.32. The Bertz CT molecular complexity index is 961. The van der Waals surface area contributed by atoms with Crippen molar-refractivity contribution in [1.82, 2.24) is 4.72 Å². The summed E-state index contributed by atoms with van der Waals surface area (Å²) in [6, 6.07) is 12.1. The van der Waals surface area contributed by atoms with Gasteiger partial charge in [-0.05, 0) is 55.0 Å². The maximum atomic E-state index is 12.8. The van der Waals surface area contributed by atoms with Gasteiger partial charge in [0.15, 0.2) is 0 Å². The minimum Gasteiger partial charge on any atom is -0.321 e. The lowest BCUT2D eigenvalue weighted by Gasteiger charge is -2.17. The molecular weight excluding hydrogens is 372 g/mol. The van der Waals surface area contributed by atoms with Crippen LogP contribution in [0.3, 0.4) is 0 Å². The van der Waals surface area contributed by atoms with Gasteiger partial charge in [-0.25, -0.2) is 13.1 Å². The molecule has 2 aromatic rings. The minimum atomic E-state index is -3.63. The highest BCUT2D eigenvalue weighted by atomic mass is 32.2. The molecule has 0 radical (unpaired) electrons. The third kappa shape index (κ3) is 4.62. The summed E-state index contributed by atoms with van der Waals surface area (Å²) in [5.41, 5.74) is 3.15. The first kappa shape index (κ1) is 20.6. The van der Waals surface area contributed by atoms with Crippen molar-refractivity contribution in [3.05, 3.63) is 59.2 Å². The van der Waals surface area contributed by atoms with Gasteiger partial charge in [-0.2, -0.15) is 0 Å². The Kier molecular flexibility index (Phi) is 6.20. The van der Waals surface area contributed by atoms with Gasteiger partial charge in [0.1, 0.15) is 0 Å². The van der Waals surface area contributed by atoms with Gasteiger partial charge in [0.05, 0.1) is 4.90 Å². The smallest absolute Gasteiger partial charge is 0.255 e. The Morgan fingerprint density at radius 3 is 2.43 bits per heavy atom. The molecule has 1 amide bonds. The molecule has 2 aromatic carbocycles. The third-order valence-electron chi connectivity index (χ3n) is 5.25. The highest BCUT2D eigenvalue weighted by Crippen LogP contribution is 2.28. The fraction of sp³-hybridized carbons (Fsp3) is 0.409. The maximum Gasteiger partial charge on any atom is 0.255 e. The van der Waals surface area contributed by atoms with Crippen molar-refractivity contribution >= 4 is 21.6 Å².